The van der Waals surface area contributed by atoms with E-state index in [0.29, 0.717) is 39.5 Å². The summed E-state index contributed by atoms with van der Waals surface area (Å²) in [4.78, 5) is 11.7. The number of rotatable bonds is 12. The van der Waals surface area contributed by atoms with Crippen molar-refractivity contribution in [2.75, 3.05) is 33.0 Å². The van der Waals surface area contributed by atoms with Crippen molar-refractivity contribution in [1.29, 1.82) is 0 Å². The minimum Gasteiger partial charge on any atom is -0.491 e. The minimum atomic E-state index is -0.798. The fourth-order valence-corrected chi connectivity index (χ4v) is 2.73. The number of hydrogen-bond acceptors (Lipinski definition) is 6. The van der Waals surface area contributed by atoms with E-state index in [9.17, 15) is 4.79 Å². The largest absolute Gasteiger partial charge is 0.491 e. The molecule has 1 atom stereocenters. The molecule has 0 saturated carbocycles. The molecular formula is C20H30O6. The van der Waals surface area contributed by atoms with Crippen LogP contribution in [0.4, 0.5) is 0 Å². The van der Waals surface area contributed by atoms with Crippen LogP contribution < -0.4 is 4.74 Å². The van der Waals surface area contributed by atoms with E-state index in [1.54, 1.807) is 13.8 Å². The summed E-state index contributed by atoms with van der Waals surface area (Å²) in [5.74, 6) is -0.234. The van der Waals surface area contributed by atoms with Crippen molar-refractivity contribution in [3.63, 3.8) is 0 Å². The molecule has 1 fully saturated rings. The smallest absolute Gasteiger partial charge is 0.337 e. The standard InChI is InChI=1S/C20H30O6/c1-4-22-12-13-23-14-15-24-17-10-8-16(9-11-17)6-5-7-18-19(21)26-20(2,3)25-18/h8-11,18H,4-7,12-15H2,1-3H3/t18-/m1/s1. The number of cyclic esters (lactones) is 1. The molecule has 1 aliphatic rings. The average Bonchev–Trinajstić information content (AvgIpc) is 2.87. The summed E-state index contributed by atoms with van der Waals surface area (Å²) in [5, 5.41) is 0. The molecule has 6 heteroatoms. The molecule has 0 radical (unpaired) electrons. The van der Waals surface area contributed by atoms with Gasteiger partial charge in [0.25, 0.3) is 0 Å². The maximum Gasteiger partial charge on any atom is 0.337 e. The Morgan fingerprint density at radius 1 is 1.04 bits per heavy atom. The van der Waals surface area contributed by atoms with Gasteiger partial charge in [-0.15, -0.1) is 0 Å². The number of hydrogen-bond donors (Lipinski definition) is 0. The number of ether oxygens (including phenoxy) is 5. The topological polar surface area (TPSA) is 63.2 Å². The van der Waals surface area contributed by atoms with E-state index in [0.717, 1.165) is 18.6 Å². The Bertz CT molecular complexity index is 540. The van der Waals surface area contributed by atoms with E-state index in [1.165, 1.54) is 5.56 Å². The summed E-state index contributed by atoms with van der Waals surface area (Å²) in [6, 6.07) is 8.00. The van der Waals surface area contributed by atoms with Gasteiger partial charge in [-0.25, -0.2) is 4.79 Å². The first-order valence-corrected chi connectivity index (χ1v) is 9.28. The second kappa shape index (κ2) is 10.5. The summed E-state index contributed by atoms with van der Waals surface area (Å²) in [6.07, 6.45) is 1.97. The Kier molecular flexibility index (Phi) is 8.35. The van der Waals surface area contributed by atoms with E-state index >= 15 is 0 Å². The van der Waals surface area contributed by atoms with Crippen molar-refractivity contribution in [2.45, 2.75) is 51.9 Å². The summed E-state index contributed by atoms with van der Waals surface area (Å²) >= 11 is 0. The van der Waals surface area contributed by atoms with E-state index < -0.39 is 11.9 Å². The van der Waals surface area contributed by atoms with Crippen LogP contribution in [0.25, 0.3) is 0 Å². The SMILES string of the molecule is CCOCCOCCOc1ccc(CCC[C@H]2OC(C)(C)OC2=O)cc1. The van der Waals surface area contributed by atoms with Crippen LogP contribution in [0.3, 0.4) is 0 Å². The lowest BCUT2D eigenvalue weighted by Gasteiger charge is -2.15. The van der Waals surface area contributed by atoms with Gasteiger partial charge in [-0.2, -0.15) is 0 Å². The molecule has 0 bridgehead atoms. The number of carbonyl (C=O) groups excluding carboxylic acids is 1. The zero-order valence-electron chi connectivity index (χ0n) is 16.0. The average molecular weight is 366 g/mol. The molecule has 0 N–H and O–H groups in total. The lowest BCUT2D eigenvalue weighted by molar-refractivity contribution is -0.160. The Morgan fingerprint density at radius 3 is 2.38 bits per heavy atom. The van der Waals surface area contributed by atoms with Crippen LogP contribution >= 0.6 is 0 Å². The molecule has 1 aliphatic heterocycles. The fraction of sp³-hybridized carbons (Fsp3) is 0.650. The lowest BCUT2D eigenvalue weighted by Crippen LogP contribution is -2.21. The van der Waals surface area contributed by atoms with Crippen molar-refractivity contribution < 1.29 is 28.5 Å². The van der Waals surface area contributed by atoms with Crippen molar-refractivity contribution >= 4 is 5.97 Å². The third kappa shape index (κ3) is 7.32. The lowest BCUT2D eigenvalue weighted by atomic mass is 10.1. The molecule has 0 aliphatic carbocycles. The van der Waals surface area contributed by atoms with Gasteiger partial charge < -0.3 is 23.7 Å². The van der Waals surface area contributed by atoms with Crippen molar-refractivity contribution in [3.8, 4) is 5.75 Å². The highest BCUT2D eigenvalue weighted by Crippen LogP contribution is 2.26. The third-order valence-electron chi connectivity index (χ3n) is 3.96. The number of benzene rings is 1. The Labute approximate surface area is 155 Å². The fourth-order valence-electron chi connectivity index (χ4n) is 2.73. The van der Waals surface area contributed by atoms with Gasteiger partial charge in [-0.3, -0.25) is 0 Å². The van der Waals surface area contributed by atoms with Gasteiger partial charge in [0.15, 0.2) is 6.10 Å². The molecule has 0 unspecified atom stereocenters. The van der Waals surface area contributed by atoms with Gasteiger partial charge in [-0.1, -0.05) is 12.1 Å². The summed E-state index contributed by atoms with van der Waals surface area (Å²) in [5.41, 5.74) is 1.20. The minimum absolute atomic E-state index is 0.262. The van der Waals surface area contributed by atoms with Crippen molar-refractivity contribution in [2.24, 2.45) is 0 Å². The van der Waals surface area contributed by atoms with Gasteiger partial charge in [0.1, 0.15) is 12.4 Å². The number of esters is 1. The van der Waals surface area contributed by atoms with Crippen LogP contribution in [-0.4, -0.2) is 50.9 Å². The molecule has 6 nitrogen and oxygen atoms in total. The molecule has 0 aromatic heterocycles. The monoisotopic (exact) mass is 366 g/mol. The predicted molar refractivity (Wildman–Crippen MR) is 97.2 cm³/mol. The highest BCUT2D eigenvalue weighted by atomic mass is 16.8. The number of carbonyl (C=O) groups is 1. The quantitative estimate of drug-likeness (QED) is 0.418. The van der Waals surface area contributed by atoms with Crippen LogP contribution in [-0.2, 0) is 30.2 Å². The van der Waals surface area contributed by atoms with Gasteiger partial charge >= 0.3 is 5.97 Å². The van der Waals surface area contributed by atoms with Crippen LogP contribution in [0, 0.1) is 0 Å². The second-order valence-corrected chi connectivity index (χ2v) is 6.62. The highest BCUT2D eigenvalue weighted by molar-refractivity contribution is 5.76. The Balaban J connectivity index is 1.59. The molecular weight excluding hydrogens is 336 g/mol. The summed E-state index contributed by atoms with van der Waals surface area (Å²) < 4.78 is 27.0. The molecule has 2 rings (SSSR count). The Morgan fingerprint density at radius 2 is 1.73 bits per heavy atom. The maximum absolute atomic E-state index is 11.7. The van der Waals surface area contributed by atoms with Gasteiger partial charge in [0, 0.05) is 20.5 Å². The van der Waals surface area contributed by atoms with E-state index in [4.69, 9.17) is 23.7 Å². The van der Waals surface area contributed by atoms with Gasteiger partial charge in [0.2, 0.25) is 5.79 Å². The van der Waals surface area contributed by atoms with Crippen molar-refractivity contribution in [3.05, 3.63) is 29.8 Å². The molecule has 26 heavy (non-hydrogen) atoms. The molecule has 1 heterocycles. The van der Waals surface area contributed by atoms with E-state index in [-0.39, 0.29) is 5.97 Å². The van der Waals surface area contributed by atoms with Crippen LogP contribution in [0.15, 0.2) is 24.3 Å². The summed E-state index contributed by atoms with van der Waals surface area (Å²) in [6.45, 7) is 8.45. The van der Waals surface area contributed by atoms with Gasteiger partial charge in [0.05, 0.1) is 19.8 Å². The molecule has 1 saturated heterocycles. The molecule has 1 aromatic rings. The zero-order valence-corrected chi connectivity index (χ0v) is 16.0. The van der Waals surface area contributed by atoms with E-state index in [2.05, 4.69) is 0 Å². The van der Waals surface area contributed by atoms with E-state index in [1.807, 2.05) is 31.2 Å². The third-order valence-corrected chi connectivity index (χ3v) is 3.96. The molecule has 146 valence electrons. The van der Waals surface area contributed by atoms with Crippen LogP contribution in [0.2, 0.25) is 0 Å². The zero-order chi connectivity index (χ0) is 18.8. The first kappa shape index (κ1) is 20.7. The maximum atomic E-state index is 11.7. The molecule has 1 aromatic carbocycles. The first-order valence-electron chi connectivity index (χ1n) is 9.28. The highest BCUT2D eigenvalue weighted by Gasteiger charge is 2.40. The Hall–Kier alpha value is -1.63. The predicted octanol–water partition coefficient (Wildman–Crippen LogP) is 3.12. The van der Waals surface area contributed by atoms with Crippen LogP contribution in [0.1, 0.15) is 39.2 Å². The molecule has 0 amide bonds. The van der Waals surface area contributed by atoms with Crippen molar-refractivity contribution in [1.82, 2.24) is 0 Å². The number of aryl methyl sites for hydroxylation is 1. The first-order chi connectivity index (χ1) is 12.5. The van der Waals surface area contributed by atoms with Crippen LogP contribution in [0.5, 0.6) is 5.75 Å². The van der Waals surface area contributed by atoms with Gasteiger partial charge in [-0.05, 0) is 43.9 Å². The summed E-state index contributed by atoms with van der Waals surface area (Å²) in [7, 11) is 0. The second-order valence-electron chi connectivity index (χ2n) is 6.62. The normalized spacial score (nSPS) is 18.7. The molecule has 0 spiro atoms.